The number of hydrogen-bond donors (Lipinski definition) is 2. The maximum absolute atomic E-state index is 12.3. The molecule has 6 heteroatoms. The average Bonchev–Trinajstić information content (AvgIpc) is 2.45. The Labute approximate surface area is 141 Å². The monoisotopic (exact) mass is 417 g/mol. The summed E-state index contributed by atoms with van der Waals surface area (Å²) >= 11 is 8.11. The number of anilines is 1. The van der Waals surface area contributed by atoms with Gasteiger partial charge in [-0.1, -0.05) is 11.6 Å². The maximum Gasteiger partial charge on any atom is 0.259 e. The van der Waals surface area contributed by atoms with Gasteiger partial charge in [-0.3, -0.25) is 4.79 Å². The zero-order chi connectivity index (χ0) is 15.6. The fourth-order valence-electron chi connectivity index (χ4n) is 1.81. The lowest BCUT2D eigenvalue weighted by molar-refractivity contribution is 0.102. The third-order valence-corrected chi connectivity index (χ3v) is 4.01. The van der Waals surface area contributed by atoms with Crippen molar-refractivity contribution in [2.45, 2.75) is 6.92 Å². The molecule has 0 saturated heterocycles. The summed E-state index contributed by atoms with van der Waals surface area (Å²) in [6, 6.07) is 8.19. The van der Waals surface area contributed by atoms with Gasteiger partial charge in [0, 0.05) is 14.7 Å². The fourth-order valence-corrected chi connectivity index (χ4v) is 2.45. The van der Waals surface area contributed by atoms with Crippen molar-refractivity contribution in [3.63, 3.8) is 0 Å². The number of ether oxygens (including phenoxy) is 1. The van der Waals surface area contributed by atoms with Crippen molar-refractivity contribution in [3.8, 4) is 11.5 Å². The van der Waals surface area contributed by atoms with E-state index in [0.717, 1.165) is 9.13 Å². The molecule has 0 aliphatic heterocycles. The van der Waals surface area contributed by atoms with E-state index in [0.29, 0.717) is 16.5 Å². The molecule has 0 atom stereocenters. The first-order valence-electron chi connectivity index (χ1n) is 6.06. The predicted molar refractivity (Wildman–Crippen MR) is 91.5 cm³/mol. The van der Waals surface area contributed by atoms with Crippen LogP contribution in [0.1, 0.15) is 15.9 Å². The third-order valence-electron chi connectivity index (χ3n) is 2.93. The molecule has 21 heavy (non-hydrogen) atoms. The van der Waals surface area contributed by atoms with Crippen molar-refractivity contribution in [1.29, 1.82) is 0 Å². The molecule has 0 saturated carbocycles. The van der Waals surface area contributed by atoms with E-state index in [2.05, 4.69) is 27.9 Å². The summed E-state index contributed by atoms with van der Waals surface area (Å²) in [5.41, 5.74) is 1.53. The zero-order valence-electron chi connectivity index (χ0n) is 11.4. The van der Waals surface area contributed by atoms with Crippen molar-refractivity contribution in [1.82, 2.24) is 0 Å². The first kappa shape index (κ1) is 15.9. The lowest BCUT2D eigenvalue weighted by atomic mass is 10.1. The van der Waals surface area contributed by atoms with Gasteiger partial charge in [-0.15, -0.1) is 0 Å². The first-order valence-corrected chi connectivity index (χ1v) is 7.52. The van der Waals surface area contributed by atoms with Crippen LogP contribution in [0.3, 0.4) is 0 Å². The molecule has 1 amide bonds. The van der Waals surface area contributed by atoms with Crippen molar-refractivity contribution in [2.75, 3.05) is 12.4 Å². The van der Waals surface area contributed by atoms with Crippen molar-refractivity contribution in [2.24, 2.45) is 0 Å². The molecule has 0 aromatic heterocycles. The van der Waals surface area contributed by atoms with Crippen LogP contribution in [0.25, 0.3) is 0 Å². The van der Waals surface area contributed by atoms with Crippen molar-refractivity contribution in [3.05, 3.63) is 50.1 Å². The quantitative estimate of drug-likeness (QED) is 0.735. The molecule has 2 rings (SSSR count). The van der Waals surface area contributed by atoms with Crippen LogP contribution in [0.2, 0.25) is 5.02 Å². The van der Waals surface area contributed by atoms with E-state index in [1.807, 2.05) is 6.92 Å². The van der Waals surface area contributed by atoms with Crippen LogP contribution in [0.5, 0.6) is 11.5 Å². The molecule has 2 N–H and O–H groups in total. The van der Waals surface area contributed by atoms with E-state index in [-0.39, 0.29) is 11.3 Å². The molecule has 110 valence electrons. The molecule has 2 aromatic rings. The largest absolute Gasteiger partial charge is 0.507 e. The minimum absolute atomic E-state index is 0.0717. The number of aromatic hydroxyl groups is 1. The number of phenolic OH excluding ortho intramolecular Hbond substituents is 1. The Morgan fingerprint density at radius 3 is 2.71 bits per heavy atom. The van der Waals surface area contributed by atoms with Gasteiger partial charge >= 0.3 is 0 Å². The average molecular weight is 418 g/mol. The van der Waals surface area contributed by atoms with Gasteiger partial charge in [0.1, 0.15) is 11.5 Å². The van der Waals surface area contributed by atoms with Crippen LogP contribution in [0.15, 0.2) is 30.3 Å². The Balaban J connectivity index is 2.35. The second kappa shape index (κ2) is 6.53. The second-order valence-corrected chi connectivity index (χ2v) is 6.07. The molecular formula is C15H13ClINO3. The molecule has 0 aliphatic rings. The minimum Gasteiger partial charge on any atom is -0.507 e. The zero-order valence-corrected chi connectivity index (χ0v) is 14.3. The van der Waals surface area contributed by atoms with E-state index >= 15 is 0 Å². The van der Waals surface area contributed by atoms with Gasteiger partial charge in [0.2, 0.25) is 0 Å². The number of nitrogens with one attached hydrogen (secondary N) is 1. The van der Waals surface area contributed by atoms with Crippen LogP contribution < -0.4 is 10.1 Å². The Morgan fingerprint density at radius 2 is 2.05 bits per heavy atom. The summed E-state index contributed by atoms with van der Waals surface area (Å²) in [6.45, 7) is 1.83. The Kier molecular flexibility index (Phi) is 4.95. The number of halogens is 2. The molecule has 0 spiro atoms. The third kappa shape index (κ3) is 3.59. The summed E-state index contributed by atoms with van der Waals surface area (Å²) in [5.74, 6) is -0.0207. The summed E-state index contributed by atoms with van der Waals surface area (Å²) < 4.78 is 6.07. The van der Waals surface area contributed by atoms with E-state index in [1.54, 1.807) is 24.3 Å². The van der Waals surface area contributed by atoms with E-state index in [1.165, 1.54) is 13.2 Å². The number of methoxy groups -OCH3 is 1. The van der Waals surface area contributed by atoms with Crippen molar-refractivity contribution >= 4 is 45.8 Å². The summed E-state index contributed by atoms with van der Waals surface area (Å²) in [5, 5.41) is 13.1. The van der Waals surface area contributed by atoms with Crippen LogP contribution in [0, 0.1) is 10.5 Å². The summed E-state index contributed by atoms with van der Waals surface area (Å²) in [7, 11) is 1.50. The van der Waals surface area contributed by atoms with E-state index in [9.17, 15) is 9.90 Å². The van der Waals surface area contributed by atoms with Gasteiger partial charge in [0.05, 0.1) is 18.4 Å². The number of rotatable bonds is 3. The number of aryl methyl sites for hydroxylation is 1. The van der Waals surface area contributed by atoms with E-state index < -0.39 is 5.91 Å². The normalized spacial score (nSPS) is 10.3. The fraction of sp³-hybridized carbons (Fsp3) is 0.133. The SMILES string of the molecule is COc1cc(Cl)c(C)cc1NC(=O)c1cc(I)ccc1O. The van der Waals surface area contributed by atoms with Crippen molar-refractivity contribution < 1.29 is 14.6 Å². The highest BCUT2D eigenvalue weighted by atomic mass is 127. The van der Waals surface area contributed by atoms with Gasteiger partial charge in [-0.25, -0.2) is 0 Å². The molecule has 0 radical (unpaired) electrons. The summed E-state index contributed by atoms with van der Waals surface area (Å²) in [4.78, 5) is 12.3. The van der Waals surface area contributed by atoms with Crippen LogP contribution >= 0.6 is 34.2 Å². The summed E-state index contributed by atoms with van der Waals surface area (Å²) in [6.07, 6.45) is 0. The number of benzene rings is 2. The van der Waals surface area contributed by atoms with Crippen LogP contribution in [0.4, 0.5) is 5.69 Å². The van der Waals surface area contributed by atoms with Gasteiger partial charge in [-0.05, 0) is 59.3 Å². The van der Waals surface area contributed by atoms with Crippen LogP contribution in [-0.2, 0) is 0 Å². The topological polar surface area (TPSA) is 58.6 Å². The lowest BCUT2D eigenvalue weighted by Gasteiger charge is -2.13. The number of carbonyl (C=O) groups is 1. The smallest absolute Gasteiger partial charge is 0.259 e. The minimum atomic E-state index is -0.411. The molecule has 0 heterocycles. The van der Waals surface area contributed by atoms with Gasteiger partial charge < -0.3 is 15.2 Å². The Hall–Kier alpha value is -1.47. The number of carbonyl (C=O) groups excluding carboxylic acids is 1. The Bertz CT molecular complexity index is 704. The van der Waals surface area contributed by atoms with Gasteiger partial charge in [0.15, 0.2) is 0 Å². The highest BCUT2D eigenvalue weighted by Crippen LogP contribution is 2.32. The molecule has 0 aliphatic carbocycles. The second-order valence-electron chi connectivity index (χ2n) is 4.42. The molecule has 0 unspecified atom stereocenters. The molecular weight excluding hydrogens is 405 g/mol. The molecule has 0 fully saturated rings. The van der Waals surface area contributed by atoms with Gasteiger partial charge in [-0.2, -0.15) is 0 Å². The van der Waals surface area contributed by atoms with Gasteiger partial charge in [0.25, 0.3) is 5.91 Å². The van der Waals surface area contributed by atoms with Crippen LogP contribution in [-0.4, -0.2) is 18.1 Å². The maximum atomic E-state index is 12.3. The number of amides is 1. The first-order chi connectivity index (χ1) is 9.92. The number of phenols is 1. The Morgan fingerprint density at radius 1 is 1.33 bits per heavy atom. The molecule has 0 bridgehead atoms. The molecule has 2 aromatic carbocycles. The standard InChI is InChI=1S/C15H13ClINO3/c1-8-5-12(14(21-2)7-11(8)16)18-15(20)10-6-9(17)3-4-13(10)19/h3-7,19H,1-2H3,(H,18,20). The molecule has 4 nitrogen and oxygen atoms in total. The number of hydrogen-bond acceptors (Lipinski definition) is 3. The highest BCUT2D eigenvalue weighted by molar-refractivity contribution is 14.1. The lowest BCUT2D eigenvalue weighted by Crippen LogP contribution is -2.13. The predicted octanol–water partition coefficient (Wildman–Crippen LogP) is 4.22. The van der Waals surface area contributed by atoms with E-state index in [4.69, 9.17) is 16.3 Å². The highest BCUT2D eigenvalue weighted by Gasteiger charge is 2.15.